The topological polar surface area (TPSA) is 0 Å². The molecule has 0 unspecified atom stereocenters. The van der Waals surface area contributed by atoms with E-state index in [1.165, 1.54) is 0 Å². The molecule has 0 radical (unpaired) electrons. The highest BCUT2D eigenvalue weighted by Gasteiger charge is 2.47. The van der Waals surface area contributed by atoms with E-state index >= 15 is 0 Å². The van der Waals surface area contributed by atoms with Crippen LogP contribution < -0.4 is 0 Å². The third-order valence-electron chi connectivity index (χ3n) is 7.58. The highest BCUT2D eigenvalue weighted by molar-refractivity contribution is 6.40. The zero-order chi connectivity index (χ0) is 39.4. The number of rotatable bonds is 3. The Balaban J connectivity index is 2.25. The van der Waals surface area contributed by atoms with Gasteiger partial charge in [-0.3, -0.25) is 0 Å². The molecule has 4 rings (SSSR count). The maximum absolute atomic E-state index is 14.9. The van der Waals surface area contributed by atoms with Crippen molar-refractivity contribution in [1.82, 2.24) is 0 Å². The van der Waals surface area contributed by atoms with E-state index < -0.39 is 150 Å². The molecule has 0 bridgehead atoms. The van der Waals surface area contributed by atoms with Crippen molar-refractivity contribution < 1.29 is 65.9 Å². The summed E-state index contributed by atoms with van der Waals surface area (Å²) in [4.78, 5) is 0. The van der Waals surface area contributed by atoms with Crippen LogP contribution in [0.5, 0.6) is 0 Å². The number of alkyl halides is 9. The molecule has 0 atom stereocenters. The molecule has 0 aliphatic heterocycles. The first-order chi connectivity index (χ1) is 23.0. The van der Waals surface area contributed by atoms with Crippen LogP contribution in [0.4, 0.5) is 65.9 Å². The van der Waals surface area contributed by atoms with Gasteiger partial charge in [0.1, 0.15) is 16.7 Å². The smallest absolute Gasteiger partial charge is 0.205 e. The van der Waals surface area contributed by atoms with Crippen molar-refractivity contribution in [3.8, 4) is 0 Å². The van der Waals surface area contributed by atoms with E-state index in [4.69, 9.17) is 69.6 Å². The molecule has 0 nitrogen and oxygen atoms in total. The van der Waals surface area contributed by atoms with E-state index in [-0.39, 0.29) is 0 Å². The molecule has 0 spiro atoms. The monoisotopic (exact) mass is 864 g/mol. The molecule has 276 valence electrons. The summed E-state index contributed by atoms with van der Waals surface area (Å²) in [5, 5.41) is -8.72. The predicted octanol–water partition coefficient (Wildman–Crippen LogP) is 15.2. The standard InChI is InChI=1S/C30H9Cl6F15/c1-4(10-16(31)22(37)13(28(43,44)45)23(38)17(10)32)7-8(5(2)11-18(33)24(39)14(29(46,47)48)25(40)19(11)34)9(7)6(3)12-20(35)26(41)15(30(49,50)51)27(42)21(12)36/h1-3H3. The molecule has 0 heterocycles. The lowest BCUT2D eigenvalue weighted by molar-refractivity contribution is -0.143. The molecule has 51 heavy (non-hydrogen) atoms. The second-order valence-corrected chi connectivity index (χ2v) is 12.8. The minimum Gasteiger partial charge on any atom is -0.205 e. The normalized spacial score (nSPS) is 13.8. The van der Waals surface area contributed by atoms with Crippen LogP contribution in [0.1, 0.15) is 54.2 Å². The van der Waals surface area contributed by atoms with Gasteiger partial charge in [0.25, 0.3) is 0 Å². The fourth-order valence-corrected chi connectivity index (χ4v) is 7.45. The van der Waals surface area contributed by atoms with Gasteiger partial charge in [0.05, 0.1) is 30.1 Å². The third kappa shape index (κ3) is 6.68. The zero-order valence-corrected chi connectivity index (χ0v) is 29.0. The third-order valence-corrected chi connectivity index (χ3v) is 9.71. The first-order valence-corrected chi connectivity index (χ1v) is 15.2. The number of hydrogen-bond acceptors (Lipinski definition) is 0. The maximum Gasteiger partial charge on any atom is 0.422 e. The lowest BCUT2D eigenvalue weighted by Crippen LogP contribution is -2.13. The fraction of sp³-hybridized carbons (Fsp3) is 0.200. The number of halogens is 21. The van der Waals surface area contributed by atoms with Crippen LogP contribution in [0.25, 0.3) is 16.7 Å². The van der Waals surface area contributed by atoms with Crippen molar-refractivity contribution in [2.45, 2.75) is 39.3 Å². The van der Waals surface area contributed by atoms with Crippen molar-refractivity contribution in [3.05, 3.63) is 115 Å². The largest absolute Gasteiger partial charge is 0.422 e. The van der Waals surface area contributed by atoms with Crippen LogP contribution in [-0.4, -0.2) is 0 Å². The van der Waals surface area contributed by atoms with Gasteiger partial charge in [0.15, 0.2) is 34.9 Å². The second kappa shape index (κ2) is 13.5. The maximum atomic E-state index is 14.9. The lowest BCUT2D eigenvalue weighted by Gasteiger charge is -2.16. The SMILES string of the molecule is CC(=C1C(=C(C)c2c(Cl)c(F)c(C(F)(F)F)c(F)c2Cl)C1=C(C)c1c(Cl)c(F)c(C(F)(F)F)c(F)c1Cl)c1c(Cl)c(F)c(C(F)(F)F)c(F)c1Cl. The average molecular weight is 867 g/mol. The Hall–Kier alpha value is -2.43. The predicted molar refractivity (Wildman–Crippen MR) is 162 cm³/mol. The minimum atomic E-state index is -5.68. The van der Waals surface area contributed by atoms with Crippen LogP contribution in [0.15, 0.2) is 16.7 Å². The Morgan fingerprint density at radius 2 is 0.471 bits per heavy atom. The van der Waals surface area contributed by atoms with Crippen molar-refractivity contribution in [3.63, 3.8) is 0 Å². The Morgan fingerprint density at radius 1 is 0.333 bits per heavy atom. The van der Waals surface area contributed by atoms with Gasteiger partial charge < -0.3 is 0 Å². The lowest BCUT2D eigenvalue weighted by atomic mass is 10.00. The molecular weight excluding hydrogens is 858 g/mol. The summed E-state index contributed by atoms with van der Waals surface area (Å²) in [6.07, 6.45) is -17.0. The molecule has 0 aromatic heterocycles. The van der Waals surface area contributed by atoms with Crippen LogP contribution in [0.3, 0.4) is 0 Å². The van der Waals surface area contributed by atoms with Crippen LogP contribution in [-0.2, 0) is 18.5 Å². The molecular formula is C30H9Cl6F15. The number of benzene rings is 3. The van der Waals surface area contributed by atoms with E-state index in [0.29, 0.717) is 0 Å². The summed E-state index contributed by atoms with van der Waals surface area (Å²) < 4.78 is 210. The summed E-state index contributed by atoms with van der Waals surface area (Å²) in [7, 11) is 0. The molecule has 1 saturated carbocycles. The highest BCUT2D eigenvalue weighted by Crippen LogP contribution is 2.60. The van der Waals surface area contributed by atoms with Crippen LogP contribution in [0.2, 0.25) is 30.1 Å². The van der Waals surface area contributed by atoms with Gasteiger partial charge in [-0.1, -0.05) is 69.6 Å². The van der Waals surface area contributed by atoms with E-state index in [2.05, 4.69) is 0 Å². The Labute approximate surface area is 305 Å². The first-order valence-electron chi connectivity index (χ1n) is 13.0. The molecule has 3 aromatic rings. The van der Waals surface area contributed by atoms with E-state index in [9.17, 15) is 65.9 Å². The van der Waals surface area contributed by atoms with Gasteiger partial charge in [0.2, 0.25) is 0 Å². The Morgan fingerprint density at radius 3 is 0.588 bits per heavy atom. The second-order valence-electron chi connectivity index (χ2n) is 10.5. The summed E-state index contributed by atoms with van der Waals surface area (Å²) >= 11 is 35.1. The highest BCUT2D eigenvalue weighted by atomic mass is 35.5. The number of allylic oxidation sites excluding steroid dienone is 6. The average Bonchev–Trinajstić information content (AvgIpc) is 3.72. The molecule has 0 amide bonds. The van der Waals surface area contributed by atoms with E-state index in [0.717, 1.165) is 20.8 Å². The van der Waals surface area contributed by atoms with Gasteiger partial charge in [-0.25, -0.2) is 26.3 Å². The van der Waals surface area contributed by atoms with Gasteiger partial charge in [-0.05, 0) is 54.2 Å². The molecule has 3 aromatic carbocycles. The fourth-order valence-electron chi connectivity index (χ4n) is 5.32. The minimum absolute atomic E-state index is 0.493. The van der Waals surface area contributed by atoms with Crippen LogP contribution >= 0.6 is 69.6 Å². The molecule has 1 fully saturated rings. The Kier molecular flexibility index (Phi) is 10.9. The van der Waals surface area contributed by atoms with Crippen molar-refractivity contribution in [2.75, 3.05) is 0 Å². The van der Waals surface area contributed by atoms with Gasteiger partial charge in [-0.2, -0.15) is 39.5 Å². The zero-order valence-electron chi connectivity index (χ0n) is 24.4. The molecule has 1 aliphatic carbocycles. The van der Waals surface area contributed by atoms with Gasteiger partial charge in [0, 0.05) is 16.7 Å². The van der Waals surface area contributed by atoms with E-state index in [1.54, 1.807) is 0 Å². The molecule has 21 heteroatoms. The van der Waals surface area contributed by atoms with Crippen molar-refractivity contribution >= 4 is 86.3 Å². The molecule has 0 saturated heterocycles. The van der Waals surface area contributed by atoms with E-state index in [1.807, 2.05) is 0 Å². The summed E-state index contributed by atoms with van der Waals surface area (Å²) in [6.45, 7) is 2.70. The summed E-state index contributed by atoms with van der Waals surface area (Å²) in [6, 6.07) is 0. The van der Waals surface area contributed by atoms with Crippen LogP contribution in [0, 0.1) is 34.9 Å². The van der Waals surface area contributed by atoms with Gasteiger partial charge in [-0.15, -0.1) is 0 Å². The van der Waals surface area contributed by atoms with Gasteiger partial charge >= 0.3 is 18.5 Å². The van der Waals surface area contributed by atoms with Crippen molar-refractivity contribution in [1.29, 1.82) is 0 Å². The number of hydrogen-bond donors (Lipinski definition) is 0. The molecule has 1 aliphatic rings. The molecule has 0 N–H and O–H groups in total. The first kappa shape index (κ1) is 41.3. The summed E-state index contributed by atoms with van der Waals surface area (Å²) in [5.74, 6) is -14.2. The summed E-state index contributed by atoms with van der Waals surface area (Å²) in [5.41, 5.74) is -13.8. The van der Waals surface area contributed by atoms with Crippen molar-refractivity contribution in [2.24, 2.45) is 0 Å². The Bertz CT molecular complexity index is 1810. The quantitative estimate of drug-likeness (QED) is 0.182.